The molecule has 18 heavy (non-hydrogen) atoms. The summed E-state index contributed by atoms with van der Waals surface area (Å²) in [5.41, 5.74) is 0. The fourth-order valence-electron chi connectivity index (χ4n) is 2.44. The molecule has 3 heteroatoms. The van der Waals surface area contributed by atoms with Gasteiger partial charge in [0.05, 0.1) is 0 Å². The van der Waals surface area contributed by atoms with Gasteiger partial charge in [0, 0.05) is 23.4 Å². The molecule has 1 atom stereocenters. The predicted molar refractivity (Wildman–Crippen MR) is 80.3 cm³/mol. The number of fused-ring (bicyclic) bond motifs is 1. The van der Waals surface area contributed by atoms with Crippen molar-refractivity contribution in [1.82, 2.24) is 4.98 Å². The Morgan fingerprint density at radius 3 is 3.06 bits per heavy atom. The number of pyridine rings is 1. The molecule has 1 aromatic heterocycles. The molecule has 1 fully saturated rings. The number of nitrogens with one attached hydrogen (secondary N) is 1. The zero-order chi connectivity index (χ0) is 12.2. The maximum absolute atomic E-state index is 4.47. The lowest BCUT2D eigenvalue weighted by Gasteiger charge is -2.22. The molecular weight excluding hydrogens is 240 g/mol. The fourth-order valence-corrected chi connectivity index (χ4v) is 3.68. The fraction of sp³-hybridized carbons (Fsp3) is 0.400. The van der Waals surface area contributed by atoms with Crippen LogP contribution in [0.2, 0.25) is 0 Å². The highest BCUT2D eigenvalue weighted by Gasteiger charge is 2.13. The zero-order valence-electron chi connectivity index (χ0n) is 10.4. The van der Waals surface area contributed by atoms with Gasteiger partial charge in [-0.05, 0) is 30.0 Å². The Kier molecular flexibility index (Phi) is 3.69. The molecular formula is C15H18N2S. The molecule has 0 amide bonds. The van der Waals surface area contributed by atoms with Crippen molar-refractivity contribution in [3.05, 3.63) is 36.5 Å². The van der Waals surface area contributed by atoms with Gasteiger partial charge in [-0.3, -0.25) is 0 Å². The van der Waals surface area contributed by atoms with Crippen molar-refractivity contribution in [2.24, 2.45) is 0 Å². The lowest BCUT2D eigenvalue weighted by Crippen LogP contribution is -2.20. The first-order valence-corrected chi connectivity index (χ1v) is 7.67. The second-order valence-corrected chi connectivity index (χ2v) is 6.16. The highest BCUT2D eigenvalue weighted by molar-refractivity contribution is 7.99. The summed E-state index contributed by atoms with van der Waals surface area (Å²) in [6.07, 6.45) is 5.98. The largest absolute Gasteiger partial charge is 0.368 e. The third-order valence-electron chi connectivity index (χ3n) is 3.44. The minimum Gasteiger partial charge on any atom is -0.368 e. The number of hydrogen-bond donors (Lipinski definition) is 1. The van der Waals surface area contributed by atoms with E-state index in [1.807, 2.05) is 6.20 Å². The number of thioether (sulfide) groups is 1. The van der Waals surface area contributed by atoms with E-state index in [1.54, 1.807) is 0 Å². The van der Waals surface area contributed by atoms with Crippen molar-refractivity contribution in [3.63, 3.8) is 0 Å². The van der Waals surface area contributed by atoms with Gasteiger partial charge in [-0.2, -0.15) is 11.8 Å². The number of nitrogens with zero attached hydrogens (tertiary/aromatic N) is 1. The molecule has 1 N–H and O–H groups in total. The van der Waals surface area contributed by atoms with Crippen molar-refractivity contribution in [2.45, 2.75) is 24.5 Å². The van der Waals surface area contributed by atoms with Crippen LogP contribution in [-0.2, 0) is 0 Å². The first kappa shape index (κ1) is 11.8. The molecule has 2 nitrogen and oxygen atoms in total. The Hall–Kier alpha value is -1.22. The van der Waals surface area contributed by atoms with E-state index in [9.17, 15) is 0 Å². The summed E-state index contributed by atoms with van der Waals surface area (Å²) in [6, 6.07) is 10.5. The van der Waals surface area contributed by atoms with Gasteiger partial charge in [-0.1, -0.05) is 30.7 Å². The SMILES string of the molecule is c1ccc2c(NCC3CCCCS3)nccc2c1. The van der Waals surface area contributed by atoms with Crippen LogP contribution in [0.25, 0.3) is 10.8 Å². The van der Waals surface area contributed by atoms with Crippen LogP contribution in [0.5, 0.6) is 0 Å². The Labute approximate surface area is 112 Å². The summed E-state index contributed by atoms with van der Waals surface area (Å²) in [7, 11) is 0. The third-order valence-corrected chi connectivity index (χ3v) is 4.84. The monoisotopic (exact) mass is 258 g/mol. The molecule has 0 aliphatic carbocycles. The van der Waals surface area contributed by atoms with Crippen LogP contribution < -0.4 is 5.32 Å². The van der Waals surface area contributed by atoms with Gasteiger partial charge in [0.2, 0.25) is 0 Å². The van der Waals surface area contributed by atoms with E-state index in [2.05, 4.69) is 52.4 Å². The topological polar surface area (TPSA) is 24.9 Å². The number of rotatable bonds is 3. The number of anilines is 1. The molecule has 1 saturated heterocycles. The van der Waals surface area contributed by atoms with E-state index in [1.165, 1.54) is 35.8 Å². The highest BCUT2D eigenvalue weighted by atomic mass is 32.2. The zero-order valence-corrected chi connectivity index (χ0v) is 11.2. The van der Waals surface area contributed by atoms with Crippen LogP contribution >= 0.6 is 11.8 Å². The summed E-state index contributed by atoms with van der Waals surface area (Å²) >= 11 is 2.10. The molecule has 0 spiro atoms. The molecule has 3 rings (SSSR count). The molecule has 2 heterocycles. The number of hydrogen-bond acceptors (Lipinski definition) is 3. The van der Waals surface area contributed by atoms with Gasteiger partial charge in [0.15, 0.2) is 0 Å². The Balaban J connectivity index is 1.74. The van der Waals surface area contributed by atoms with Crippen LogP contribution in [0.1, 0.15) is 19.3 Å². The van der Waals surface area contributed by atoms with Gasteiger partial charge in [-0.25, -0.2) is 4.98 Å². The number of aromatic nitrogens is 1. The standard InChI is InChI=1S/C15H18N2S/c1-2-7-14-12(5-1)8-9-16-15(14)17-11-13-6-3-4-10-18-13/h1-2,5,7-9,13H,3-4,6,10-11H2,(H,16,17). The van der Waals surface area contributed by atoms with Crippen LogP contribution in [0.3, 0.4) is 0 Å². The molecule has 0 bridgehead atoms. The van der Waals surface area contributed by atoms with E-state index >= 15 is 0 Å². The van der Waals surface area contributed by atoms with Crippen LogP contribution in [0.4, 0.5) is 5.82 Å². The second-order valence-electron chi connectivity index (χ2n) is 4.75. The van der Waals surface area contributed by atoms with Gasteiger partial charge >= 0.3 is 0 Å². The molecule has 0 saturated carbocycles. The molecule has 0 radical (unpaired) electrons. The highest BCUT2D eigenvalue weighted by Crippen LogP contribution is 2.26. The van der Waals surface area contributed by atoms with Gasteiger partial charge < -0.3 is 5.32 Å². The van der Waals surface area contributed by atoms with Gasteiger partial charge in [0.25, 0.3) is 0 Å². The summed E-state index contributed by atoms with van der Waals surface area (Å²) in [5.74, 6) is 2.34. The normalized spacial score (nSPS) is 19.9. The first-order valence-electron chi connectivity index (χ1n) is 6.63. The second kappa shape index (κ2) is 5.61. The smallest absolute Gasteiger partial charge is 0.133 e. The van der Waals surface area contributed by atoms with E-state index < -0.39 is 0 Å². The minimum absolute atomic E-state index is 0.750. The Bertz CT molecular complexity index is 515. The molecule has 1 aromatic carbocycles. The van der Waals surface area contributed by atoms with E-state index in [4.69, 9.17) is 0 Å². The first-order chi connectivity index (χ1) is 8.93. The lowest BCUT2D eigenvalue weighted by molar-refractivity contribution is 0.677. The summed E-state index contributed by atoms with van der Waals surface area (Å²) < 4.78 is 0. The molecule has 1 aliphatic rings. The van der Waals surface area contributed by atoms with Crippen molar-refractivity contribution >= 4 is 28.4 Å². The van der Waals surface area contributed by atoms with E-state index in [0.717, 1.165) is 17.6 Å². The maximum atomic E-state index is 4.47. The summed E-state index contributed by atoms with van der Waals surface area (Å²) in [4.78, 5) is 4.47. The van der Waals surface area contributed by atoms with Gasteiger partial charge in [-0.15, -0.1) is 0 Å². The van der Waals surface area contributed by atoms with Crippen LogP contribution in [0, 0.1) is 0 Å². The summed E-state index contributed by atoms with van der Waals surface area (Å²) in [6.45, 7) is 1.03. The van der Waals surface area contributed by atoms with Crippen molar-refractivity contribution in [2.75, 3.05) is 17.6 Å². The van der Waals surface area contributed by atoms with Gasteiger partial charge in [0.1, 0.15) is 5.82 Å². The van der Waals surface area contributed by atoms with Crippen molar-refractivity contribution < 1.29 is 0 Å². The lowest BCUT2D eigenvalue weighted by atomic mass is 10.1. The third kappa shape index (κ3) is 2.61. The Morgan fingerprint density at radius 1 is 1.22 bits per heavy atom. The van der Waals surface area contributed by atoms with Crippen molar-refractivity contribution in [3.8, 4) is 0 Å². The minimum atomic E-state index is 0.750. The predicted octanol–water partition coefficient (Wildman–Crippen LogP) is 3.93. The Morgan fingerprint density at radius 2 is 2.17 bits per heavy atom. The maximum Gasteiger partial charge on any atom is 0.133 e. The average molecular weight is 258 g/mol. The summed E-state index contributed by atoms with van der Waals surface area (Å²) in [5, 5.41) is 6.75. The van der Waals surface area contributed by atoms with E-state index in [-0.39, 0.29) is 0 Å². The number of benzene rings is 1. The molecule has 1 aliphatic heterocycles. The van der Waals surface area contributed by atoms with E-state index in [0.29, 0.717) is 0 Å². The van der Waals surface area contributed by atoms with Crippen LogP contribution in [0.15, 0.2) is 36.5 Å². The molecule has 1 unspecified atom stereocenters. The molecule has 94 valence electrons. The molecule has 2 aromatic rings. The quantitative estimate of drug-likeness (QED) is 0.903. The average Bonchev–Trinajstić information content (AvgIpc) is 2.46. The van der Waals surface area contributed by atoms with Crippen LogP contribution in [-0.4, -0.2) is 22.5 Å². The van der Waals surface area contributed by atoms with Crippen molar-refractivity contribution in [1.29, 1.82) is 0 Å².